The van der Waals surface area contributed by atoms with Crippen molar-refractivity contribution in [2.45, 2.75) is 6.92 Å². The molecule has 0 aliphatic rings. The van der Waals surface area contributed by atoms with E-state index in [1.807, 2.05) is 0 Å². The van der Waals surface area contributed by atoms with Crippen molar-refractivity contribution >= 4 is 5.97 Å². The topological polar surface area (TPSA) is 85.7 Å². The second-order valence-electron chi connectivity index (χ2n) is 3.13. The number of nitrogens with one attached hydrogen (secondary N) is 1. The van der Waals surface area contributed by atoms with Gasteiger partial charge in [-0.1, -0.05) is 0 Å². The van der Waals surface area contributed by atoms with E-state index in [0.717, 1.165) is 5.56 Å². The maximum absolute atomic E-state index is 11.3. The molecule has 2 heterocycles. The van der Waals surface area contributed by atoms with Crippen LogP contribution in [0.4, 0.5) is 0 Å². The van der Waals surface area contributed by atoms with Crippen molar-refractivity contribution in [2.24, 2.45) is 7.05 Å². The van der Waals surface area contributed by atoms with Gasteiger partial charge in [-0.05, 0) is 6.92 Å². The highest BCUT2D eigenvalue weighted by atomic mass is 16.5. The molecular formula is C9H11N5O2. The van der Waals surface area contributed by atoms with Crippen LogP contribution in [0.5, 0.6) is 0 Å². The number of hydrogen-bond donors (Lipinski definition) is 1. The predicted octanol–water partition coefficient (Wildman–Crippen LogP) is 0.382. The number of esters is 1. The highest BCUT2D eigenvalue weighted by Gasteiger charge is 2.14. The van der Waals surface area contributed by atoms with E-state index >= 15 is 0 Å². The van der Waals surface area contributed by atoms with Crippen LogP contribution in [0.2, 0.25) is 0 Å². The van der Waals surface area contributed by atoms with Crippen LogP contribution < -0.4 is 0 Å². The van der Waals surface area contributed by atoms with E-state index in [4.69, 9.17) is 4.74 Å². The summed E-state index contributed by atoms with van der Waals surface area (Å²) in [6.45, 7) is 2.04. The number of aryl methyl sites for hydroxylation is 1. The van der Waals surface area contributed by atoms with E-state index in [1.54, 1.807) is 31.0 Å². The molecule has 2 rings (SSSR count). The highest BCUT2D eigenvalue weighted by Crippen LogP contribution is 2.12. The van der Waals surface area contributed by atoms with Crippen LogP contribution in [-0.4, -0.2) is 37.5 Å². The summed E-state index contributed by atoms with van der Waals surface area (Å²) in [5, 5.41) is 10.4. The number of ether oxygens (including phenoxy) is 1. The number of rotatable bonds is 3. The van der Waals surface area contributed by atoms with Gasteiger partial charge in [-0.25, -0.2) is 9.78 Å². The van der Waals surface area contributed by atoms with Gasteiger partial charge in [0.05, 0.1) is 18.4 Å². The van der Waals surface area contributed by atoms with Gasteiger partial charge in [-0.3, -0.25) is 9.78 Å². The van der Waals surface area contributed by atoms with Gasteiger partial charge < -0.3 is 4.74 Å². The Hall–Kier alpha value is -2.18. The Morgan fingerprint density at radius 2 is 2.44 bits per heavy atom. The van der Waals surface area contributed by atoms with Gasteiger partial charge in [-0.15, -0.1) is 0 Å². The lowest BCUT2D eigenvalue weighted by molar-refractivity contribution is 0.0512. The van der Waals surface area contributed by atoms with Crippen LogP contribution in [0, 0.1) is 0 Å². The molecule has 7 nitrogen and oxygen atoms in total. The van der Waals surface area contributed by atoms with Crippen molar-refractivity contribution in [3.63, 3.8) is 0 Å². The Balaban J connectivity index is 2.22. The first-order chi connectivity index (χ1) is 7.70. The van der Waals surface area contributed by atoms with Crippen molar-refractivity contribution in [2.75, 3.05) is 6.61 Å². The quantitative estimate of drug-likeness (QED) is 0.757. The van der Waals surface area contributed by atoms with Gasteiger partial charge in [0, 0.05) is 13.2 Å². The molecule has 0 fully saturated rings. The first-order valence-corrected chi connectivity index (χ1v) is 4.79. The molecule has 0 spiro atoms. The predicted molar refractivity (Wildman–Crippen MR) is 54.5 cm³/mol. The number of aromatic nitrogens is 5. The Kier molecular flexibility index (Phi) is 2.67. The molecule has 0 radical (unpaired) electrons. The fourth-order valence-electron chi connectivity index (χ4n) is 1.22. The molecule has 2 aromatic heterocycles. The molecule has 0 unspecified atom stereocenters. The molecule has 2 aromatic rings. The Labute approximate surface area is 91.4 Å². The summed E-state index contributed by atoms with van der Waals surface area (Å²) < 4.78 is 6.42. The first-order valence-electron chi connectivity index (χ1n) is 4.79. The molecule has 0 aliphatic carbocycles. The van der Waals surface area contributed by atoms with Gasteiger partial charge in [-0.2, -0.15) is 10.2 Å². The minimum Gasteiger partial charge on any atom is -0.460 e. The van der Waals surface area contributed by atoms with Crippen LogP contribution in [-0.2, 0) is 11.8 Å². The number of carbonyl (C=O) groups is 1. The summed E-state index contributed by atoms with van der Waals surface area (Å²) in [6, 6.07) is 0. The SMILES string of the molecule is CCOC(=O)c1nc(-c2cnn(C)c2)n[nH]1. The molecule has 0 atom stereocenters. The fraction of sp³-hybridized carbons (Fsp3) is 0.333. The van der Waals surface area contributed by atoms with E-state index in [0.29, 0.717) is 12.4 Å². The molecule has 84 valence electrons. The van der Waals surface area contributed by atoms with Crippen LogP contribution in [0.15, 0.2) is 12.4 Å². The van der Waals surface area contributed by atoms with Gasteiger partial charge in [0.25, 0.3) is 0 Å². The van der Waals surface area contributed by atoms with Crippen LogP contribution in [0.1, 0.15) is 17.5 Å². The van der Waals surface area contributed by atoms with E-state index in [9.17, 15) is 4.79 Å². The van der Waals surface area contributed by atoms with Gasteiger partial charge >= 0.3 is 5.97 Å². The summed E-state index contributed by atoms with van der Waals surface area (Å²) in [4.78, 5) is 15.3. The number of carbonyl (C=O) groups excluding carboxylic acids is 1. The average molecular weight is 221 g/mol. The molecule has 0 bridgehead atoms. The zero-order valence-electron chi connectivity index (χ0n) is 8.97. The normalized spacial score (nSPS) is 10.4. The minimum absolute atomic E-state index is 0.0979. The molecular weight excluding hydrogens is 210 g/mol. The second-order valence-corrected chi connectivity index (χ2v) is 3.13. The lowest BCUT2D eigenvalue weighted by Gasteiger charge is -1.94. The molecule has 0 aromatic carbocycles. The van der Waals surface area contributed by atoms with Crippen molar-refractivity contribution < 1.29 is 9.53 Å². The summed E-state index contributed by atoms with van der Waals surface area (Å²) in [5.41, 5.74) is 0.745. The van der Waals surface area contributed by atoms with Crippen molar-refractivity contribution in [1.82, 2.24) is 25.0 Å². The number of nitrogens with zero attached hydrogens (tertiary/aromatic N) is 4. The third kappa shape index (κ3) is 1.92. The maximum atomic E-state index is 11.3. The zero-order chi connectivity index (χ0) is 11.5. The van der Waals surface area contributed by atoms with Crippen molar-refractivity contribution in [1.29, 1.82) is 0 Å². The fourth-order valence-corrected chi connectivity index (χ4v) is 1.22. The number of H-pyrrole nitrogens is 1. The molecule has 0 amide bonds. The highest BCUT2D eigenvalue weighted by molar-refractivity contribution is 5.85. The summed E-state index contributed by atoms with van der Waals surface area (Å²) in [5.74, 6) is 0.0157. The van der Waals surface area contributed by atoms with Crippen molar-refractivity contribution in [3.8, 4) is 11.4 Å². The summed E-state index contributed by atoms with van der Waals surface area (Å²) in [7, 11) is 1.79. The number of hydrogen-bond acceptors (Lipinski definition) is 5. The Morgan fingerprint density at radius 3 is 3.06 bits per heavy atom. The first kappa shape index (κ1) is 10.3. The lowest BCUT2D eigenvalue weighted by Crippen LogP contribution is -2.06. The number of aromatic amines is 1. The molecule has 1 N–H and O–H groups in total. The van der Waals surface area contributed by atoms with Crippen LogP contribution in [0.25, 0.3) is 11.4 Å². The smallest absolute Gasteiger partial charge is 0.375 e. The minimum atomic E-state index is -0.509. The van der Waals surface area contributed by atoms with Crippen LogP contribution >= 0.6 is 0 Å². The van der Waals surface area contributed by atoms with E-state index in [1.165, 1.54) is 0 Å². The summed E-state index contributed by atoms with van der Waals surface area (Å²) >= 11 is 0. The van der Waals surface area contributed by atoms with E-state index in [2.05, 4.69) is 20.3 Å². The third-order valence-electron chi connectivity index (χ3n) is 1.92. The molecule has 16 heavy (non-hydrogen) atoms. The van der Waals surface area contributed by atoms with Crippen LogP contribution in [0.3, 0.4) is 0 Å². The maximum Gasteiger partial charge on any atom is 0.375 e. The van der Waals surface area contributed by atoms with E-state index < -0.39 is 5.97 Å². The largest absolute Gasteiger partial charge is 0.460 e. The Bertz CT molecular complexity index is 501. The molecule has 0 saturated heterocycles. The lowest BCUT2D eigenvalue weighted by atomic mass is 10.3. The molecule has 7 heteroatoms. The Morgan fingerprint density at radius 1 is 1.62 bits per heavy atom. The average Bonchev–Trinajstić information content (AvgIpc) is 2.85. The molecule has 0 aliphatic heterocycles. The second kappa shape index (κ2) is 4.13. The van der Waals surface area contributed by atoms with Crippen molar-refractivity contribution in [3.05, 3.63) is 18.2 Å². The summed E-state index contributed by atoms with van der Waals surface area (Å²) in [6.07, 6.45) is 3.39. The van der Waals surface area contributed by atoms with Gasteiger partial charge in [0.2, 0.25) is 5.82 Å². The van der Waals surface area contributed by atoms with Gasteiger partial charge in [0.1, 0.15) is 0 Å². The van der Waals surface area contributed by atoms with Gasteiger partial charge in [0.15, 0.2) is 5.82 Å². The zero-order valence-corrected chi connectivity index (χ0v) is 8.97. The monoisotopic (exact) mass is 221 g/mol. The molecule has 0 saturated carbocycles. The third-order valence-corrected chi connectivity index (χ3v) is 1.92. The standard InChI is InChI=1S/C9H11N5O2/c1-3-16-9(15)8-11-7(12-13-8)6-4-10-14(2)5-6/h4-5H,3H2,1-2H3,(H,11,12,13). The van der Waals surface area contributed by atoms with E-state index in [-0.39, 0.29) is 5.82 Å².